The van der Waals surface area contributed by atoms with Crippen LogP contribution in [0.25, 0.3) is 16.6 Å². The Morgan fingerprint density at radius 2 is 2.17 bits per heavy atom. The van der Waals surface area contributed by atoms with Gasteiger partial charge in [-0.3, -0.25) is 9.78 Å². The number of aromatic nitrogens is 4. The zero-order valence-corrected chi connectivity index (χ0v) is 17.4. The van der Waals surface area contributed by atoms with Crippen LogP contribution in [0.2, 0.25) is 0 Å². The third-order valence-corrected chi connectivity index (χ3v) is 5.64. The first kappa shape index (κ1) is 19.5. The molecule has 0 saturated carbocycles. The molecular formula is C22H27N5O2. The summed E-state index contributed by atoms with van der Waals surface area (Å²) in [7, 11) is 0. The van der Waals surface area contributed by atoms with Crippen LogP contribution < -0.4 is 0 Å². The third-order valence-electron chi connectivity index (χ3n) is 5.64. The molecule has 1 aliphatic rings. The number of fused-ring (bicyclic) bond motifs is 1. The molecule has 0 bridgehead atoms. The minimum Gasteiger partial charge on any atom is -0.375 e. The average molecular weight is 393 g/mol. The van der Waals surface area contributed by atoms with E-state index in [0.29, 0.717) is 18.8 Å². The Hall–Kier alpha value is -2.80. The lowest BCUT2D eigenvalue weighted by Gasteiger charge is -2.40. The molecule has 2 aromatic heterocycles. The van der Waals surface area contributed by atoms with Crippen molar-refractivity contribution in [2.24, 2.45) is 0 Å². The first-order valence-electron chi connectivity index (χ1n) is 10.1. The highest BCUT2D eigenvalue weighted by Gasteiger charge is 2.35. The van der Waals surface area contributed by atoms with Crippen LogP contribution in [0, 0.1) is 6.92 Å². The molecule has 1 fully saturated rings. The second kappa shape index (κ2) is 7.55. The molecule has 29 heavy (non-hydrogen) atoms. The van der Waals surface area contributed by atoms with Crippen molar-refractivity contribution in [2.75, 3.05) is 13.2 Å². The standard InChI is InChI=1S/C22H27N5O2/c1-5-26(18-10-12-29-22(3,4)14-18)21(28)20-15(2)27(25-24-20)17-8-9-19-16(13-17)7-6-11-23-19/h6-9,11,13,18H,5,10,12,14H2,1-4H3. The number of carbonyl (C=O) groups excluding carboxylic acids is 1. The van der Waals surface area contributed by atoms with Crippen LogP contribution >= 0.6 is 0 Å². The Morgan fingerprint density at radius 1 is 1.34 bits per heavy atom. The van der Waals surface area contributed by atoms with E-state index in [1.165, 1.54) is 0 Å². The topological polar surface area (TPSA) is 73.1 Å². The van der Waals surface area contributed by atoms with Crippen LogP contribution in [0.15, 0.2) is 36.5 Å². The minimum atomic E-state index is -0.220. The third kappa shape index (κ3) is 3.74. The lowest BCUT2D eigenvalue weighted by atomic mass is 9.92. The predicted molar refractivity (Wildman–Crippen MR) is 111 cm³/mol. The summed E-state index contributed by atoms with van der Waals surface area (Å²) in [5.41, 5.74) is 2.71. The summed E-state index contributed by atoms with van der Waals surface area (Å²) in [5.74, 6) is -0.0681. The van der Waals surface area contributed by atoms with Crippen molar-refractivity contribution in [3.05, 3.63) is 47.9 Å². The van der Waals surface area contributed by atoms with Crippen LogP contribution in [0.5, 0.6) is 0 Å². The van der Waals surface area contributed by atoms with Gasteiger partial charge in [-0.1, -0.05) is 11.3 Å². The number of ether oxygens (including phenoxy) is 1. The molecule has 1 atom stereocenters. The molecule has 1 unspecified atom stereocenters. The van der Waals surface area contributed by atoms with Crippen molar-refractivity contribution < 1.29 is 9.53 Å². The predicted octanol–water partition coefficient (Wildman–Crippen LogP) is 3.54. The molecule has 152 valence electrons. The monoisotopic (exact) mass is 393 g/mol. The van der Waals surface area contributed by atoms with E-state index in [4.69, 9.17) is 4.74 Å². The number of carbonyl (C=O) groups is 1. The number of hydrogen-bond donors (Lipinski definition) is 0. The van der Waals surface area contributed by atoms with E-state index in [-0.39, 0.29) is 17.6 Å². The fourth-order valence-corrected chi connectivity index (χ4v) is 4.14. The highest BCUT2D eigenvalue weighted by atomic mass is 16.5. The maximum Gasteiger partial charge on any atom is 0.276 e. The summed E-state index contributed by atoms with van der Waals surface area (Å²) in [6.07, 6.45) is 3.43. The highest BCUT2D eigenvalue weighted by Crippen LogP contribution is 2.28. The van der Waals surface area contributed by atoms with Crippen molar-refractivity contribution in [3.8, 4) is 5.69 Å². The summed E-state index contributed by atoms with van der Waals surface area (Å²) < 4.78 is 7.54. The van der Waals surface area contributed by atoms with Gasteiger partial charge in [-0.25, -0.2) is 4.68 Å². The molecule has 3 heterocycles. The van der Waals surface area contributed by atoms with Crippen LogP contribution in [0.3, 0.4) is 0 Å². The molecule has 4 rings (SSSR count). The van der Waals surface area contributed by atoms with E-state index < -0.39 is 0 Å². The van der Waals surface area contributed by atoms with Crippen molar-refractivity contribution in [3.63, 3.8) is 0 Å². The molecule has 1 saturated heterocycles. The molecule has 0 spiro atoms. The normalized spacial score (nSPS) is 18.7. The van der Waals surface area contributed by atoms with E-state index in [1.807, 2.05) is 49.1 Å². The molecule has 1 aliphatic heterocycles. The molecule has 3 aromatic rings. The van der Waals surface area contributed by atoms with Gasteiger partial charge in [0.15, 0.2) is 5.69 Å². The number of amides is 1. The summed E-state index contributed by atoms with van der Waals surface area (Å²) in [5, 5.41) is 9.55. The zero-order valence-electron chi connectivity index (χ0n) is 17.4. The first-order valence-corrected chi connectivity index (χ1v) is 10.1. The number of pyridine rings is 1. The average Bonchev–Trinajstić information content (AvgIpc) is 3.08. The summed E-state index contributed by atoms with van der Waals surface area (Å²) in [4.78, 5) is 19.6. The summed E-state index contributed by atoms with van der Waals surface area (Å²) >= 11 is 0. The maximum atomic E-state index is 13.3. The minimum absolute atomic E-state index is 0.0681. The molecule has 0 radical (unpaired) electrons. The lowest BCUT2D eigenvalue weighted by molar-refractivity contribution is -0.0777. The quantitative estimate of drug-likeness (QED) is 0.678. The summed E-state index contributed by atoms with van der Waals surface area (Å²) in [6.45, 7) is 9.35. The fraction of sp³-hybridized carbons (Fsp3) is 0.455. The smallest absolute Gasteiger partial charge is 0.276 e. The lowest BCUT2D eigenvalue weighted by Crippen LogP contribution is -2.48. The van der Waals surface area contributed by atoms with Gasteiger partial charge in [0.25, 0.3) is 5.91 Å². The van der Waals surface area contributed by atoms with Gasteiger partial charge >= 0.3 is 0 Å². The van der Waals surface area contributed by atoms with Crippen LogP contribution in [0.4, 0.5) is 0 Å². The van der Waals surface area contributed by atoms with Gasteiger partial charge < -0.3 is 9.64 Å². The van der Waals surface area contributed by atoms with Crippen LogP contribution in [0.1, 0.15) is 49.8 Å². The zero-order chi connectivity index (χ0) is 20.6. The molecule has 7 heteroatoms. The number of hydrogen-bond acceptors (Lipinski definition) is 5. The number of nitrogens with zero attached hydrogens (tertiary/aromatic N) is 5. The van der Waals surface area contributed by atoms with Crippen molar-refractivity contribution in [1.82, 2.24) is 24.9 Å². The molecule has 0 aliphatic carbocycles. The van der Waals surface area contributed by atoms with Gasteiger partial charge in [0.1, 0.15) is 0 Å². The Balaban J connectivity index is 1.63. The van der Waals surface area contributed by atoms with E-state index in [2.05, 4.69) is 29.1 Å². The van der Waals surface area contributed by atoms with Gasteiger partial charge in [-0.15, -0.1) is 5.10 Å². The Morgan fingerprint density at radius 3 is 2.93 bits per heavy atom. The SMILES string of the molecule is CCN(C(=O)c1nnn(-c2ccc3ncccc3c2)c1C)C1CCOC(C)(C)C1. The largest absolute Gasteiger partial charge is 0.375 e. The second-order valence-electron chi connectivity index (χ2n) is 8.16. The van der Waals surface area contributed by atoms with E-state index in [0.717, 1.165) is 35.1 Å². The van der Waals surface area contributed by atoms with Gasteiger partial charge in [0, 0.05) is 30.8 Å². The van der Waals surface area contributed by atoms with E-state index in [9.17, 15) is 4.79 Å². The molecule has 0 N–H and O–H groups in total. The van der Waals surface area contributed by atoms with Crippen LogP contribution in [-0.4, -0.2) is 55.6 Å². The fourth-order valence-electron chi connectivity index (χ4n) is 4.14. The van der Waals surface area contributed by atoms with E-state index in [1.54, 1.807) is 10.9 Å². The first-order chi connectivity index (χ1) is 13.9. The number of rotatable bonds is 4. The van der Waals surface area contributed by atoms with Crippen molar-refractivity contribution in [2.45, 2.75) is 52.2 Å². The summed E-state index contributed by atoms with van der Waals surface area (Å²) in [6, 6.07) is 9.98. The molecular weight excluding hydrogens is 366 g/mol. The van der Waals surface area contributed by atoms with E-state index >= 15 is 0 Å². The van der Waals surface area contributed by atoms with Gasteiger partial charge in [0.2, 0.25) is 0 Å². The van der Waals surface area contributed by atoms with Crippen molar-refractivity contribution >= 4 is 16.8 Å². The van der Waals surface area contributed by atoms with Crippen molar-refractivity contribution in [1.29, 1.82) is 0 Å². The maximum absolute atomic E-state index is 13.3. The molecule has 1 aromatic carbocycles. The van der Waals surface area contributed by atoms with Gasteiger partial charge in [-0.05, 0) is 64.8 Å². The Bertz CT molecular complexity index is 1040. The second-order valence-corrected chi connectivity index (χ2v) is 8.16. The van der Waals surface area contributed by atoms with Crippen LogP contribution in [-0.2, 0) is 4.74 Å². The Kier molecular flexibility index (Phi) is 5.08. The molecule has 1 amide bonds. The number of benzene rings is 1. The Labute approximate surface area is 170 Å². The van der Waals surface area contributed by atoms with Gasteiger partial charge in [0.05, 0.1) is 22.5 Å². The molecule has 7 nitrogen and oxygen atoms in total. The van der Waals surface area contributed by atoms with Gasteiger partial charge in [-0.2, -0.15) is 0 Å². The highest BCUT2D eigenvalue weighted by molar-refractivity contribution is 5.93.